The van der Waals surface area contributed by atoms with Crippen molar-refractivity contribution in [2.75, 3.05) is 13.1 Å². The molecule has 4 saturated carbocycles. The zero-order valence-corrected chi connectivity index (χ0v) is 11.5. The average Bonchev–Trinajstić information content (AvgIpc) is 2.26. The van der Waals surface area contributed by atoms with Gasteiger partial charge in [0.25, 0.3) is 0 Å². The number of nitrogens with zero attached hydrogens (tertiary/aromatic N) is 1. The Labute approximate surface area is 106 Å². The normalized spacial score (nSPS) is 53.1. The van der Waals surface area contributed by atoms with Crippen molar-refractivity contribution in [1.82, 2.24) is 4.90 Å². The fraction of sp³-hybridized carbons (Fsp3) is 1.00. The van der Waals surface area contributed by atoms with Crippen LogP contribution in [0.15, 0.2) is 0 Å². The number of rotatable bonds is 1. The standard InChI is InChI=1S/C16H27N/c1-11(2)17-4-3-15-14-6-12-5-13(7-14)9-16(15,8-12)10-17/h11-15H,3-10H2,1-2H3. The second-order valence-corrected chi connectivity index (χ2v) is 7.93. The minimum absolute atomic E-state index is 0.768. The molecular weight excluding hydrogens is 206 g/mol. The van der Waals surface area contributed by atoms with Crippen molar-refractivity contribution in [2.45, 2.75) is 58.4 Å². The molecule has 96 valence electrons. The van der Waals surface area contributed by atoms with E-state index in [9.17, 15) is 0 Å². The molecule has 1 nitrogen and oxygen atoms in total. The zero-order valence-electron chi connectivity index (χ0n) is 11.5. The molecule has 4 aliphatic carbocycles. The maximum absolute atomic E-state index is 2.78. The van der Waals surface area contributed by atoms with E-state index < -0.39 is 0 Å². The van der Waals surface area contributed by atoms with Crippen molar-refractivity contribution in [3.8, 4) is 0 Å². The molecule has 0 amide bonds. The summed E-state index contributed by atoms with van der Waals surface area (Å²) in [5, 5.41) is 0. The molecule has 5 rings (SSSR count). The van der Waals surface area contributed by atoms with E-state index in [1.165, 1.54) is 19.5 Å². The van der Waals surface area contributed by atoms with Gasteiger partial charge in [-0.1, -0.05) is 0 Å². The molecule has 0 aromatic rings. The van der Waals surface area contributed by atoms with Gasteiger partial charge < -0.3 is 4.90 Å². The lowest BCUT2D eigenvalue weighted by atomic mass is 9.43. The van der Waals surface area contributed by atoms with Crippen molar-refractivity contribution >= 4 is 0 Å². The Kier molecular flexibility index (Phi) is 2.23. The van der Waals surface area contributed by atoms with Crippen LogP contribution in [0.25, 0.3) is 0 Å². The highest BCUT2D eigenvalue weighted by Gasteiger charge is 2.58. The third-order valence-corrected chi connectivity index (χ3v) is 6.66. The molecule has 0 aromatic heterocycles. The van der Waals surface area contributed by atoms with Gasteiger partial charge in [-0.3, -0.25) is 0 Å². The van der Waals surface area contributed by atoms with Gasteiger partial charge in [-0.15, -0.1) is 0 Å². The predicted octanol–water partition coefficient (Wildman–Crippen LogP) is 3.54. The van der Waals surface area contributed by atoms with Crippen LogP contribution in [0.5, 0.6) is 0 Å². The van der Waals surface area contributed by atoms with Gasteiger partial charge in [-0.25, -0.2) is 0 Å². The van der Waals surface area contributed by atoms with Crippen molar-refractivity contribution in [3.05, 3.63) is 0 Å². The minimum atomic E-state index is 0.768. The summed E-state index contributed by atoms with van der Waals surface area (Å²) in [7, 11) is 0. The Bertz CT molecular complexity index is 307. The molecule has 3 atom stereocenters. The molecule has 1 spiro atoms. The lowest BCUT2D eigenvalue weighted by Gasteiger charge is -2.65. The molecule has 5 fully saturated rings. The summed E-state index contributed by atoms with van der Waals surface area (Å²) in [6.45, 7) is 7.61. The van der Waals surface area contributed by atoms with E-state index in [1.54, 1.807) is 32.1 Å². The van der Waals surface area contributed by atoms with Gasteiger partial charge in [0.15, 0.2) is 0 Å². The van der Waals surface area contributed by atoms with Crippen LogP contribution < -0.4 is 0 Å². The molecule has 1 heteroatoms. The molecular formula is C16H27N. The molecule has 3 unspecified atom stereocenters. The van der Waals surface area contributed by atoms with E-state index in [1.807, 2.05) is 0 Å². The van der Waals surface area contributed by atoms with Crippen LogP contribution in [0.3, 0.4) is 0 Å². The van der Waals surface area contributed by atoms with E-state index in [4.69, 9.17) is 0 Å². The molecule has 0 radical (unpaired) electrons. The zero-order chi connectivity index (χ0) is 11.6. The first-order chi connectivity index (χ1) is 8.16. The SMILES string of the molecule is CC(C)N1CCC2C3CC4CC(C3)CC2(C4)C1. The second kappa shape index (κ2) is 3.50. The van der Waals surface area contributed by atoms with Crippen molar-refractivity contribution in [2.24, 2.45) is 29.1 Å². The van der Waals surface area contributed by atoms with Crippen molar-refractivity contribution in [1.29, 1.82) is 0 Å². The average molecular weight is 233 g/mol. The summed E-state index contributed by atoms with van der Waals surface area (Å²) in [5.74, 6) is 4.49. The van der Waals surface area contributed by atoms with E-state index in [-0.39, 0.29) is 0 Å². The van der Waals surface area contributed by atoms with E-state index in [0.29, 0.717) is 0 Å². The Balaban J connectivity index is 1.64. The first kappa shape index (κ1) is 10.8. The smallest absolute Gasteiger partial charge is 0.00437 e. The molecule has 0 N–H and O–H groups in total. The highest BCUT2D eigenvalue weighted by molar-refractivity contribution is 5.09. The first-order valence-electron chi connectivity index (χ1n) is 7.90. The number of likely N-dealkylation sites (tertiary alicyclic amines) is 1. The summed E-state index contributed by atoms with van der Waals surface area (Å²) in [6, 6.07) is 0.768. The minimum Gasteiger partial charge on any atom is -0.300 e. The monoisotopic (exact) mass is 233 g/mol. The van der Waals surface area contributed by atoms with Gasteiger partial charge >= 0.3 is 0 Å². The molecule has 0 aromatic carbocycles. The Morgan fingerprint density at radius 2 is 1.76 bits per heavy atom. The van der Waals surface area contributed by atoms with Crippen LogP contribution in [-0.2, 0) is 0 Å². The second-order valence-electron chi connectivity index (χ2n) is 7.93. The highest BCUT2D eigenvalue weighted by Crippen LogP contribution is 2.65. The maximum atomic E-state index is 2.78. The summed E-state index contributed by atoms with van der Waals surface area (Å²) < 4.78 is 0. The van der Waals surface area contributed by atoms with Crippen LogP contribution in [0.1, 0.15) is 52.4 Å². The van der Waals surface area contributed by atoms with Gasteiger partial charge in [0.2, 0.25) is 0 Å². The first-order valence-corrected chi connectivity index (χ1v) is 7.90. The molecule has 1 aliphatic heterocycles. The maximum Gasteiger partial charge on any atom is 0.00437 e. The number of hydrogen-bond acceptors (Lipinski definition) is 1. The lowest BCUT2D eigenvalue weighted by Crippen LogP contribution is -2.61. The van der Waals surface area contributed by atoms with Gasteiger partial charge in [0.05, 0.1) is 0 Å². The van der Waals surface area contributed by atoms with Gasteiger partial charge in [-0.2, -0.15) is 0 Å². The third kappa shape index (κ3) is 1.47. The summed E-state index contributed by atoms with van der Waals surface area (Å²) in [4.78, 5) is 2.78. The van der Waals surface area contributed by atoms with E-state index in [2.05, 4.69) is 18.7 Å². The molecule has 5 aliphatic rings. The molecule has 1 saturated heterocycles. The van der Waals surface area contributed by atoms with Crippen LogP contribution in [0.4, 0.5) is 0 Å². The summed E-state index contributed by atoms with van der Waals surface area (Å²) in [6.07, 6.45) is 9.49. The quantitative estimate of drug-likeness (QED) is 0.669. The predicted molar refractivity (Wildman–Crippen MR) is 70.8 cm³/mol. The molecule has 4 bridgehead atoms. The fourth-order valence-electron chi connectivity index (χ4n) is 6.33. The highest BCUT2D eigenvalue weighted by atomic mass is 15.2. The fourth-order valence-corrected chi connectivity index (χ4v) is 6.33. The third-order valence-electron chi connectivity index (χ3n) is 6.66. The number of hydrogen-bond donors (Lipinski definition) is 0. The lowest BCUT2D eigenvalue weighted by molar-refractivity contribution is -0.149. The Morgan fingerprint density at radius 1 is 1.06 bits per heavy atom. The van der Waals surface area contributed by atoms with Crippen LogP contribution in [0, 0.1) is 29.1 Å². The Morgan fingerprint density at radius 3 is 2.41 bits per heavy atom. The van der Waals surface area contributed by atoms with E-state index >= 15 is 0 Å². The summed E-state index contributed by atoms with van der Waals surface area (Å²) >= 11 is 0. The van der Waals surface area contributed by atoms with E-state index in [0.717, 1.165) is 35.1 Å². The van der Waals surface area contributed by atoms with Crippen molar-refractivity contribution < 1.29 is 0 Å². The van der Waals surface area contributed by atoms with Gasteiger partial charge in [0.1, 0.15) is 0 Å². The van der Waals surface area contributed by atoms with Crippen LogP contribution >= 0.6 is 0 Å². The van der Waals surface area contributed by atoms with Crippen molar-refractivity contribution in [3.63, 3.8) is 0 Å². The summed E-state index contributed by atoms with van der Waals surface area (Å²) in [5.41, 5.74) is 0.775. The molecule has 17 heavy (non-hydrogen) atoms. The number of piperidine rings is 1. The van der Waals surface area contributed by atoms with Gasteiger partial charge in [0, 0.05) is 12.6 Å². The molecule has 1 heterocycles. The largest absolute Gasteiger partial charge is 0.300 e. The Hall–Kier alpha value is -0.0400. The van der Waals surface area contributed by atoms with Crippen LogP contribution in [0.2, 0.25) is 0 Å². The topological polar surface area (TPSA) is 3.24 Å². The van der Waals surface area contributed by atoms with Crippen LogP contribution in [-0.4, -0.2) is 24.0 Å². The van der Waals surface area contributed by atoms with Gasteiger partial charge in [-0.05, 0) is 88.0 Å².